The average molecular weight is 274 g/mol. The Morgan fingerprint density at radius 1 is 1.44 bits per heavy atom. The molecular weight excluding hydrogens is 261 g/mol. The minimum Gasteiger partial charge on any atom is -0.480 e. The molecule has 1 aromatic carbocycles. The SMILES string of the molecule is CCCC(NC(=O)c1cc(F)cc(Cl)c1)C(=O)O. The van der Waals surface area contributed by atoms with Crippen LogP contribution in [0.4, 0.5) is 4.39 Å². The molecule has 0 saturated heterocycles. The smallest absolute Gasteiger partial charge is 0.326 e. The van der Waals surface area contributed by atoms with Gasteiger partial charge in [0, 0.05) is 10.6 Å². The highest BCUT2D eigenvalue weighted by atomic mass is 35.5. The molecule has 1 unspecified atom stereocenters. The van der Waals surface area contributed by atoms with Gasteiger partial charge in [0.25, 0.3) is 5.91 Å². The molecule has 2 N–H and O–H groups in total. The second-order valence-corrected chi connectivity index (χ2v) is 4.25. The Morgan fingerprint density at radius 3 is 2.61 bits per heavy atom. The predicted molar refractivity (Wildman–Crippen MR) is 65.2 cm³/mol. The third-order valence-electron chi connectivity index (χ3n) is 2.31. The lowest BCUT2D eigenvalue weighted by molar-refractivity contribution is -0.139. The lowest BCUT2D eigenvalue weighted by Crippen LogP contribution is -2.40. The van der Waals surface area contributed by atoms with Crippen molar-refractivity contribution < 1.29 is 19.1 Å². The number of halogens is 2. The first kappa shape index (κ1) is 14.4. The molecule has 0 fully saturated rings. The lowest BCUT2D eigenvalue weighted by atomic mass is 10.1. The van der Waals surface area contributed by atoms with Gasteiger partial charge in [0.15, 0.2) is 0 Å². The molecule has 0 radical (unpaired) electrons. The topological polar surface area (TPSA) is 66.4 Å². The summed E-state index contributed by atoms with van der Waals surface area (Å²) in [5, 5.41) is 11.3. The van der Waals surface area contributed by atoms with Gasteiger partial charge in [0.1, 0.15) is 11.9 Å². The van der Waals surface area contributed by atoms with E-state index in [9.17, 15) is 14.0 Å². The molecular formula is C12H13ClFNO3. The van der Waals surface area contributed by atoms with E-state index in [2.05, 4.69) is 5.32 Å². The molecule has 1 aromatic rings. The molecule has 0 aromatic heterocycles. The van der Waals surface area contributed by atoms with Crippen LogP contribution in [-0.4, -0.2) is 23.0 Å². The Hall–Kier alpha value is -1.62. The Bertz CT molecular complexity index is 444. The molecule has 4 nitrogen and oxygen atoms in total. The van der Waals surface area contributed by atoms with Crippen LogP contribution in [0.2, 0.25) is 5.02 Å². The normalized spacial score (nSPS) is 11.9. The van der Waals surface area contributed by atoms with Crippen molar-refractivity contribution in [2.75, 3.05) is 0 Å². The summed E-state index contributed by atoms with van der Waals surface area (Å²) < 4.78 is 13.1. The second-order valence-electron chi connectivity index (χ2n) is 3.81. The molecule has 0 aliphatic rings. The number of nitrogens with one attached hydrogen (secondary N) is 1. The van der Waals surface area contributed by atoms with Crippen molar-refractivity contribution in [3.63, 3.8) is 0 Å². The third-order valence-corrected chi connectivity index (χ3v) is 2.52. The minimum absolute atomic E-state index is 0.00218. The van der Waals surface area contributed by atoms with Crippen LogP contribution in [0.25, 0.3) is 0 Å². The van der Waals surface area contributed by atoms with Crippen molar-refractivity contribution in [3.8, 4) is 0 Å². The van der Waals surface area contributed by atoms with E-state index in [1.807, 2.05) is 0 Å². The molecule has 18 heavy (non-hydrogen) atoms. The van der Waals surface area contributed by atoms with Gasteiger partial charge >= 0.3 is 5.97 Å². The fourth-order valence-corrected chi connectivity index (χ4v) is 1.69. The first-order chi connectivity index (χ1) is 8.43. The van der Waals surface area contributed by atoms with E-state index in [0.717, 1.165) is 12.1 Å². The fraction of sp³-hybridized carbons (Fsp3) is 0.333. The Balaban J connectivity index is 2.83. The summed E-state index contributed by atoms with van der Waals surface area (Å²) >= 11 is 5.62. The Kier molecular flexibility index (Phi) is 5.09. The first-order valence-electron chi connectivity index (χ1n) is 5.43. The summed E-state index contributed by atoms with van der Waals surface area (Å²) in [5.74, 6) is -2.42. The summed E-state index contributed by atoms with van der Waals surface area (Å²) in [6.45, 7) is 1.81. The number of carboxylic acid groups (broad SMARTS) is 1. The summed E-state index contributed by atoms with van der Waals surface area (Å²) in [4.78, 5) is 22.6. The highest BCUT2D eigenvalue weighted by Gasteiger charge is 2.20. The van der Waals surface area contributed by atoms with Gasteiger partial charge in [-0.25, -0.2) is 9.18 Å². The molecule has 6 heteroatoms. The second kappa shape index (κ2) is 6.35. The zero-order valence-electron chi connectivity index (χ0n) is 9.74. The van der Waals surface area contributed by atoms with Crippen molar-refractivity contribution in [1.29, 1.82) is 0 Å². The van der Waals surface area contributed by atoms with Gasteiger partial charge in [0.05, 0.1) is 0 Å². The molecule has 0 spiro atoms. The van der Waals surface area contributed by atoms with E-state index in [-0.39, 0.29) is 10.6 Å². The maximum atomic E-state index is 13.1. The minimum atomic E-state index is -1.12. The molecule has 0 heterocycles. The van der Waals surface area contributed by atoms with E-state index in [1.54, 1.807) is 6.92 Å². The molecule has 0 aliphatic heterocycles. The number of carbonyl (C=O) groups is 2. The number of carbonyl (C=O) groups excluding carboxylic acids is 1. The van der Waals surface area contributed by atoms with E-state index < -0.39 is 23.7 Å². The maximum Gasteiger partial charge on any atom is 0.326 e. The van der Waals surface area contributed by atoms with Gasteiger partial charge in [-0.05, 0) is 24.6 Å². The summed E-state index contributed by atoms with van der Waals surface area (Å²) in [6.07, 6.45) is 0.922. The molecule has 1 amide bonds. The largest absolute Gasteiger partial charge is 0.480 e. The van der Waals surface area contributed by atoms with Crippen LogP contribution in [-0.2, 0) is 4.79 Å². The van der Waals surface area contributed by atoms with Crippen LogP contribution >= 0.6 is 11.6 Å². The first-order valence-corrected chi connectivity index (χ1v) is 5.81. The zero-order valence-corrected chi connectivity index (χ0v) is 10.5. The van der Waals surface area contributed by atoms with E-state index in [1.165, 1.54) is 6.07 Å². The summed E-state index contributed by atoms with van der Waals surface area (Å²) in [6, 6.07) is 2.38. The van der Waals surface area contributed by atoms with Crippen LogP contribution in [0.3, 0.4) is 0 Å². The van der Waals surface area contributed by atoms with Gasteiger partial charge in [-0.15, -0.1) is 0 Å². The standard InChI is InChI=1S/C12H13ClFNO3/c1-2-3-10(12(17)18)15-11(16)7-4-8(13)6-9(14)5-7/h4-6,10H,2-3H2,1H3,(H,15,16)(H,17,18). The van der Waals surface area contributed by atoms with Crippen LogP contribution in [0.5, 0.6) is 0 Å². The van der Waals surface area contributed by atoms with Crippen molar-refractivity contribution in [2.24, 2.45) is 0 Å². The van der Waals surface area contributed by atoms with Crippen LogP contribution in [0.15, 0.2) is 18.2 Å². The van der Waals surface area contributed by atoms with Gasteiger partial charge in [-0.3, -0.25) is 4.79 Å². The fourth-order valence-electron chi connectivity index (χ4n) is 1.47. The molecule has 1 rings (SSSR count). The third kappa shape index (κ3) is 4.00. The van der Waals surface area contributed by atoms with Crippen LogP contribution in [0.1, 0.15) is 30.1 Å². The highest BCUT2D eigenvalue weighted by molar-refractivity contribution is 6.31. The number of rotatable bonds is 5. The van der Waals surface area contributed by atoms with Crippen molar-refractivity contribution in [2.45, 2.75) is 25.8 Å². The number of aliphatic carboxylic acids is 1. The lowest BCUT2D eigenvalue weighted by Gasteiger charge is -2.13. The number of hydrogen-bond donors (Lipinski definition) is 2. The van der Waals surface area contributed by atoms with E-state index in [0.29, 0.717) is 12.8 Å². The molecule has 98 valence electrons. The summed E-state index contributed by atoms with van der Waals surface area (Å²) in [5.41, 5.74) is 0.00218. The average Bonchev–Trinajstić information content (AvgIpc) is 2.26. The number of amides is 1. The monoisotopic (exact) mass is 273 g/mol. The number of carboxylic acids is 1. The molecule has 1 atom stereocenters. The van der Waals surface area contributed by atoms with Crippen molar-refractivity contribution >= 4 is 23.5 Å². The van der Waals surface area contributed by atoms with Gasteiger partial charge in [-0.2, -0.15) is 0 Å². The quantitative estimate of drug-likeness (QED) is 0.866. The predicted octanol–water partition coefficient (Wildman–Crippen LogP) is 2.46. The van der Waals surface area contributed by atoms with Crippen LogP contribution < -0.4 is 5.32 Å². The number of hydrogen-bond acceptors (Lipinski definition) is 2. The van der Waals surface area contributed by atoms with Crippen molar-refractivity contribution in [3.05, 3.63) is 34.6 Å². The molecule has 0 aliphatic carbocycles. The van der Waals surface area contributed by atoms with E-state index in [4.69, 9.17) is 16.7 Å². The van der Waals surface area contributed by atoms with Gasteiger partial charge in [0.2, 0.25) is 0 Å². The van der Waals surface area contributed by atoms with Crippen molar-refractivity contribution in [1.82, 2.24) is 5.32 Å². The van der Waals surface area contributed by atoms with Gasteiger partial charge < -0.3 is 10.4 Å². The van der Waals surface area contributed by atoms with E-state index >= 15 is 0 Å². The highest BCUT2D eigenvalue weighted by Crippen LogP contribution is 2.14. The zero-order chi connectivity index (χ0) is 13.7. The van der Waals surface area contributed by atoms with Crippen LogP contribution in [0, 0.1) is 5.82 Å². The van der Waals surface area contributed by atoms with Gasteiger partial charge in [-0.1, -0.05) is 24.9 Å². The molecule has 0 saturated carbocycles. The number of benzene rings is 1. The summed E-state index contributed by atoms with van der Waals surface area (Å²) in [7, 11) is 0. The Morgan fingerprint density at radius 2 is 2.11 bits per heavy atom. The molecule has 0 bridgehead atoms. The maximum absolute atomic E-state index is 13.1. The Labute approximate surface area is 109 Å².